The fourth-order valence-corrected chi connectivity index (χ4v) is 9.14. The van der Waals surface area contributed by atoms with E-state index in [0.29, 0.717) is 12.8 Å². The molecule has 1 aliphatic rings. The lowest BCUT2D eigenvalue weighted by Gasteiger charge is -2.41. The largest absolute Gasteiger partial charge is 0.472 e. The Kier molecular flexibility index (Phi) is 40.9. The summed E-state index contributed by atoms with van der Waals surface area (Å²) in [4.78, 5) is 35.8. The van der Waals surface area contributed by atoms with Crippen molar-refractivity contribution in [3.8, 4) is 0 Å². The van der Waals surface area contributed by atoms with Gasteiger partial charge >= 0.3 is 19.8 Å². The second kappa shape index (κ2) is 43.6. The van der Waals surface area contributed by atoms with Gasteiger partial charge in [0.25, 0.3) is 0 Å². The lowest BCUT2D eigenvalue weighted by Crippen LogP contribution is -2.64. The van der Waals surface area contributed by atoms with E-state index in [9.17, 15) is 44.6 Å². The van der Waals surface area contributed by atoms with Crippen LogP contribution in [0.5, 0.6) is 0 Å². The second-order valence-corrected chi connectivity index (χ2v) is 20.1. The molecule has 1 saturated carbocycles. The first-order valence-corrected chi connectivity index (χ1v) is 28.4. The van der Waals surface area contributed by atoms with Crippen LogP contribution >= 0.6 is 7.82 Å². The number of rotatable bonds is 45. The summed E-state index contributed by atoms with van der Waals surface area (Å²) in [5, 5.41) is 50.3. The van der Waals surface area contributed by atoms with Crippen molar-refractivity contribution in [2.24, 2.45) is 0 Å². The third-order valence-corrected chi connectivity index (χ3v) is 13.4. The highest BCUT2D eigenvalue weighted by molar-refractivity contribution is 7.47. The number of phosphoric ester groups is 1. The maximum atomic E-state index is 12.8. The molecule has 1 fully saturated rings. The van der Waals surface area contributed by atoms with Crippen molar-refractivity contribution < 1.29 is 63.1 Å². The molecule has 0 aromatic heterocycles. The van der Waals surface area contributed by atoms with Crippen LogP contribution in [0.2, 0.25) is 0 Å². The SMILES string of the molecule is CC/C=C\C/C=C\C/C=C\C/C=C\CCCCC(=O)OC(COC(=O)CCCCCCCCCCCCCCCCCCCCCCCCCC)COP(=O)(O)OC1C(O)C(O)C(O)C(O)C1O. The van der Waals surface area contributed by atoms with Gasteiger partial charge in [-0.1, -0.05) is 210 Å². The molecule has 0 aromatic rings. The van der Waals surface area contributed by atoms with E-state index >= 15 is 0 Å². The van der Waals surface area contributed by atoms with Crippen LogP contribution in [0.4, 0.5) is 0 Å². The van der Waals surface area contributed by atoms with Gasteiger partial charge in [0, 0.05) is 12.8 Å². The Bertz CT molecular complexity index is 1370. The average molecular weight is 985 g/mol. The lowest BCUT2D eigenvalue weighted by molar-refractivity contribution is -0.220. The topological polar surface area (TPSA) is 210 Å². The molecule has 396 valence electrons. The Balaban J connectivity index is 2.34. The maximum absolute atomic E-state index is 12.8. The molecule has 1 rings (SSSR count). The van der Waals surface area contributed by atoms with Gasteiger partial charge < -0.3 is 39.9 Å². The molecule has 0 spiro atoms. The fourth-order valence-electron chi connectivity index (χ4n) is 8.16. The predicted molar refractivity (Wildman–Crippen MR) is 272 cm³/mol. The first kappa shape index (κ1) is 63.8. The molecule has 6 atom stereocenters. The number of esters is 2. The third kappa shape index (κ3) is 35.0. The molecule has 1 aliphatic carbocycles. The zero-order valence-corrected chi connectivity index (χ0v) is 43.3. The summed E-state index contributed by atoms with van der Waals surface area (Å²) in [6.45, 7) is 3.18. The molecule has 0 amide bonds. The Labute approximate surface area is 411 Å². The van der Waals surface area contributed by atoms with Crippen molar-refractivity contribution in [3.63, 3.8) is 0 Å². The molecule has 14 heteroatoms. The summed E-state index contributed by atoms with van der Waals surface area (Å²) < 4.78 is 33.6. The monoisotopic (exact) mass is 985 g/mol. The maximum Gasteiger partial charge on any atom is 0.472 e. The minimum Gasteiger partial charge on any atom is -0.462 e. The van der Waals surface area contributed by atoms with Crippen molar-refractivity contribution in [2.75, 3.05) is 13.2 Å². The van der Waals surface area contributed by atoms with E-state index in [1.54, 1.807) is 0 Å². The number of carbonyl (C=O) groups excluding carboxylic acids is 2. The highest BCUT2D eigenvalue weighted by atomic mass is 31.2. The van der Waals surface area contributed by atoms with Crippen LogP contribution in [0.1, 0.15) is 226 Å². The lowest BCUT2D eigenvalue weighted by atomic mass is 9.85. The van der Waals surface area contributed by atoms with E-state index < -0.39 is 75.7 Å². The minimum atomic E-state index is -5.13. The Hall–Kier alpha value is -2.19. The van der Waals surface area contributed by atoms with Crippen molar-refractivity contribution in [1.29, 1.82) is 0 Å². The molecule has 0 radical (unpaired) electrons. The molecule has 0 heterocycles. The Morgan fingerprint density at radius 2 is 0.838 bits per heavy atom. The molecular formula is C54H97O13P. The van der Waals surface area contributed by atoms with Crippen molar-refractivity contribution in [2.45, 2.75) is 268 Å². The first-order chi connectivity index (χ1) is 32.9. The molecule has 0 saturated heterocycles. The number of phosphoric acid groups is 1. The molecule has 13 nitrogen and oxygen atoms in total. The summed E-state index contributed by atoms with van der Waals surface area (Å²) in [6, 6.07) is 0. The molecule has 68 heavy (non-hydrogen) atoms. The molecular weight excluding hydrogens is 888 g/mol. The number of allylic oxidation sites excluding steroid dienone is 8. The van der Waals surface area contributed by atoms with Crippen LogP contribution < -0.4 is 0 Å². The van der Waals surface area contributed by atoms with Gasteiger partial charge in [-0.05, 0) is 51.4 Å². The standard InChI is InChI=1S/C54H97O13P/c1-3-5-7-9-11-13-15-17-19-20-21-22-23-24-25-26-27-29-30-32-34-36-38-40-42-47(55)64-44-46(45-65-68(62,63)67-54-52(60)50(58)49(57)51(59)53(54)61)66-48(56)43-41-39-37-35-33-31-28-18-16-14-12-10-8-6-4-2/h6,8,12,14,18,28,33,35,46,49-54,57-61H,3-5,7,9-11,13,15-17,19-27,29-32,34,36-45H2,1-2H3,(H,62,63)/b8-6-,14-12-,28-18-,35-33-. The number of carbonyl (C=O) groups is 2. The highest BCUT2D eigenvalue weighted by Crippen LogP contribution is 2.47. The van der Waals surface area contributed by atoms with E-state index in [2.05, 4.69) is 62.5 Å². The zero-order chi connectivity index (χ0) is 49.9. The summed E-state index contributed by atoms with van der Waals surface area (Å²) >= 11 is 0. The molecule has 0 bridgehead atoms. The molecule has 6 unspecified atom stereocenters. The number of hydrogen-bond acceptors (Lipinski definition) is 12. The van der Waals surface area contributed by atoms with Gasteiger partial charge in [0.05, 0.1) is 6.61 Å². The van der Waals surface area contributed by atoms with Gasteiger partial charge in [0.15, 0.2) is 6.10 Å². The summed E-state index contributed by atoms with van der Waals surface area (Å²) in [7, 11) is -5.13. The number of hydrogen-bond donors (Lipinski definition) is 6. The van der Waals surface area contributed by atoms with Gasteiger partial charge in [0.1, 0.15) is 43.2 Å². The highest BCUT2D eigenvalue weighted by Gasteiger charge is 2.51. The van der Waals surface area contributed by atoms with Crippen LogP contribution in [0, 0.1) is 0 Å². The molecule has 0 aromatic carbocycles. The Morgan fingerprint density at radius 1 is 0.471 bits per heavy atom. The zero-order valence-electron chi connectivity index (χ0n) is 42.4. The van der Waals surface area contributed by atoms with E-state index in [-0.39, 0.29) is 12.8 Å². The van der Waals surface area contributed by atoms with Crippen LogP contribution in [0.15, 0.2) is 48.6 Å². The van der Waals surface area contributed by atoms with Gasteiger partial charge in [0.2, 0.25) is 0 Å². The van der Waals surface area contributed by atoms with Crippen LogP contribution in [-0.4, -0.2) is 98.3 Å². The van der Waals surface area contributed by atoms with Gasteiger partial charge in [-0.25, -0.2) is 4.57 Å². The number of aliphatic hydroxyl groups is 5. The molecule has 0 aliphatic heterocycles. The fraction of sp³-hybridized carbons (Fsp3) is 0.815. The summed E-state index contributed by atoms with van der Waals surface area (Å²) in [6.07, 6.45) is 40.4. The minimum absolute atomic E-state index is 0.0450. The van der Waals surface area contributed by atoms with E-state index in [1.165, 1.54) is 128 Å². The summed E-state index contributed by atoms with van der Waals surface area (Å²) in [5.74, 6) is -1.14. The van der Waals surface area contributed by atoms with E-state index in [4.69, 9.17) is 18.5 Å². The summed E-state index contributed by atoms with van der Waals surface area (Å²) in [5.41, 5.74) is 0. The Morgan fingerprint density at radius 3 is 1.28 bits per heavy atom. The van der Waals surface area contributed by atoms with Gasteiger partial charge in [-0.15, -0.1) is 0 Å². The van der Waals surface area contributed by atoms with Crippen molar-refractivity contribution in [3.05, 3.63) is 48.6 Å². The van der Waals surface area contributed by atoms with Gasteiger partial charge in [-0.3, -0.25) is 18.6 Å². The number of aliphatic hydroxyl groups excluding tert-OH is 5. The normalized spacial score (nSPS) is 21.4. The second-order valence-electron chi connectivity index (χ2n) is 18.7. The quantitative estimate of drug-likeness (QED) is 0.0145. The van der Waals surface area contributed by atoms with Crippen molar-refractivity contribution >= 4 is 19.8 Å². The number of ether oxygens (including phenoxy) is 2. The molecule has 6 N–H and O–H groups in total. The van der Waals surface area contributed by atoms with E-state index in [0.717, 1.165) is 57.8 Å². The predicted octanol–water partition coefficient (Wildman–Crippen LogP) is 11.9. The smallest absolute Gasteiger partial charge is 0.462 e. The average Bonchev–Trinajstić information content (AvgIpc) is 3.32. The third-order valence-electron chi connectivity index (χ3n) is 12.4. The van der Waals surface area contributed by atoms with Gasteiger partial charge in [-0.2, -0.15) is 0 Å². The number of unbranched alkanes of at least 4 members (excludes halogenated alkanes) is 25. The van der Waals surface area contributed by atoms with Crippen LogP contribution in [-0.2, 0) is 32.7 Å². The first-order valence-electron chi connectivity index (χ1n) is 26.9. The van der Waals surface area contributed by atoms with Crippen LogP contribution in [0.25, 0.3) is 0 Å². The van der Waals surface area contributed by atoms with Crippen molar-refractivity contribution in [1.82, 2.24) is 0 Å². The van der Waals surface area contributed by atoms with Crippen LogP contribution in [0.3, 0.4) is 0 Å². The van der Waals surface area contributed by atoms with E-state index in [1.807, 2.05) is 0 Å².